The Labute approximate surface area is 186 Å². The zero-order valence-electron chi connectivity index (χ0n) is 15.7. The fourth-order valence-electron chi connectivity index (χ4n) is 2.53. The summed E-state index contributed by atoms with van der Waals surface area (Å²) in [6.45, 7) is 0.669. The van der Waals surface area contributed by atoms with Crippen LogP contribution in [-0.4, -0.2) is 37.7 Å². The smallest absolute Gasteiger partial charge is 0.263 e. The normalized spacial score (nSPS) is 14.7. The van der Waals surface area contributed by atoms with Gasteiger partial charge in [-0.3, -0.25) is 4.79 Å². The number of thioether (sulfide) groups is 1. The van der Waals surface area contributed by atoms with Gasteiger partial charge in [0.25, 0.3) is 5.91 Å². The predicted molar refractivity (Wildman–Crippen MR) is 121 cm³/mol. The van der Waals surface area contributed by atoms with Crippen molar-refractivity contribution >= 4 is 56.2 Å². The van der Waals surface area contributed by atoms with Gasteiger partial charge in [-0.15, -0.1) is 0 Å². The lowest BCUT2D eigenvalue weighted by Crippen LogP contribution is -2.17. The molecule has 0 atom stereocenters. The molecule has 1 saturated heterocycles. The van der Waals surface area contributed by atoms with Gasteiger partial charge >= 0.3 is 0 Å². The van der Waals surface area contributed by atoms with Crippen molar-refractivity contribution in [2.24, 2.45) is 0 Å². The average molecular weight is 496 g/mol. The van der Waals surface area contributed by atoms with Crippen molar-refractivity contribution in [1.82, 2.24) is 5.32 Å². The molecule has 1 aliphatic rings. The molecule has 1 amide bonds. The molecule has 152 valence electrons. The lowest BCUT2D eigenvalue weighted by molar-refractivity contribution is -0.115. The average Bonchev–Trinajstić information content (AvgIpc) is 3.02. The van der Waals surface area contributed by atoms with E-state index in [1.165, 1.54) is 11.8 Å². The number of carbonyl (C=O) groups is 1. The molecule has 6 nitrogen and oxygen atoms in total. The summed E-state index contributed by atoms with van der Waals surface area (Å²) in [5, 5.41) is 2.59. The monoisotopic (exact) mass is 495 g/mol. The molecule has 0 bridgehead atoms. The van der Waals surface area contributed by atoms with Crippen LogP contribution < -0.4 is 24.3 Å². The highest BCUT2D eigenvalue weighted by Gasteiger charge is 2.22. The van der Waals surface area contributed by atoms with Gasteiger partial charge in [0.2, 0.25) is 0 Å². The third-order valence-corrected chi connectivity index (χ3v) is 5.58. The summed E-state index contributed by atoms with van der Waals surface area (Å²) >= 11 is 9.75. The Kier molecular flexibility index (Phi) is 7.40. The van der Waals surface area contributed by atoms with Crippen LogP contribution in [0.25, 0.3) is 6.08 Å². The number of ether oxygens (including phenoxy) is 4. The van der Waals surface area contributed by atoms with E-state index in [1.54, 1.807) is 26.4 Å². The molecule has 0 spiro atoms. The third kappa shape index (κ3) is 5.65. The predicted octanol–water partition coefficient (Wildman–Crippen LogP) is 4.41. The van der Waals surface area contributed by atoms with Crippen LogP contribution in [0, 0.1) is 0 Å². The first kappa shape index (κ1) is 21.5. The molecule has 1 fully saturated rings. The van der Waals surface area contributed by atoms with Crippen molar-refractivity contribution < 1.29 is 23.7 Å². The highest BCUT2D eigenvalue weighted by Crippen LogP contribution is 2.38. The highest BCUT2D eigenvalue weighted by atomic mass is 79.9. The molecule has 0 unspecified atom stereocenters. The fourth-order valence-corrected chi connectivity index (χ4v) is 4.15. The largest absolute Gasteiger partial charge is 0.497 e. The molecule has 1 heterocycles. The molecule has 0 aliphatic carbocycles. The van der Waals surface area contributed by atoms with Crippen LogP contribution in [-0.2, 0) is 4.79 Å². The molecule has 1 N–H and O–H groups in total. The molecular formula is C20H18BrNO5S2. The van der Waals surface area contributed by atoms with Crippen LogP contribution >= 0.6 is 39.9 Å². The lowest BCUT2D eigenvalue weighted by atomic mass is 10.2. The van der Waals surface area contributed by atoms with E-state index in [0.717, 1.165) is 11.3 Å². The Bertz CT molecular complexity index is 964. The van der Waals surface area contributed by atoms with Gasteiger partial charge in [-0.25, -0.2) is 0 Å². The van der Waals surface area contributed by atoms with E-state index < -0.39 is 0 Å². The van der Waals surface area contributed by atoms with Gasteiger partial charge in [-0.2, -0.15) is 0 Å². The molecule has 2 aromatic carbocycles. The van der Waals surface area contributed by atoms with Gasteiger partial charge in [-0.05, 0) is 51.8 Å². The van der Waals surface area contributed by atoms with Crippen LogP contribution in [0.15, 0.2) is 45.8 Å². The summed E-state index contributed by atoms with van der Waals surface area (Å²) in [6.07, 6.45) is 1.75. The maximum atomic E-state index is 11.8. The lowest BCUT2D eigenvalue weighted by Gasteiger charge is -2.14. The van der Waals surface area contributed by atoms with Crippen LogP contribution in [0.4, 0.5) is 0 Å². The van der Waals surface area contributed by atoms with Gasteiger partial charge in [0.05, 0.1) is 23.6 Å². The van der Waals surface area contributed by atoms with Crippen molar-refractivity contribution in [3.63, 3.8) is 0 Å². The number of nitrogens with one attached hydrogen (secondary N) is 1. The minimum Gasteiger partial charge on any atom is -0.497 e. The number of carbonyl (C=O) groups excluding carboxylic acids is 1. The van der Waals surface area contributed by atoms with Crippen LogP contribution in [0.3, 0.4) is 0 Å². The second-order valence-electron chi connectivity index (χ2n) is 5.76. The second-order valence-corrected chi connectivity index (χ2v) is 8.34. The summed E-state index contributed by atoms with van der Waals surface area (Å²) < 4.78 is 23.3. The standard InChI is InChI=1S/C20H18BrNO5S2/c1-24-13-4-3-5-14(11-13)26-6-7-27-18-15(21)8-12(9-16(18)25-2)10-17-19(23)22-20(28)29-17/h3-5,8-11H,6-7H2,1-2H3,(H,22,23,28)/b17-10+. The summed E-state index contributed by atoms with van der Waals surface area (Å²) in [7, 11) is 3.17. The number of hydrogen-bond acceptors (Lipinski definition) is 7. The van der Waals surface area contributed by atoms with Gasteiger partial charge in [0, 0.05) is 6.07 Å². The highest BCUT2D eigenvalue weighted by molar-refractivity contribution is 9.10. The Morgan fingerprint density at radius 1 is 1.10 bits per heavy atom. The molecule has 0 radical (unpaired) electrons. The zero-order valence-corrected chi connectivity index (χ0v) is 18.9. The van der Waals surface area contributed by atoms with Crippen LogP contribution in [0.2, 0.25) is 0 Å². The van der Waals surface area contributed by atoms with Crippen molar-refractivity contribution in [3.05, 3.63) is 51.3 Å². The molecule has 1 aliphatic heterocycles. The number of rotatable bonds is 8. The first-order valence-electron chi connectivity index (χ1n) is 8.52. The summed E-state index contributed by atoms with van der Waals surface area (Å²) in [5.41, 5.74) is 0.788. The Morgan fingerprint density at radius 3 is 2.55 bits per heavy atom. The molecule has 0 saturated carbocycles. The molecule has 9 heteroatoms. The number of halogens is 1. The minimum absolute atomic E-state index is 0.204. The van der Waals surface area contributed by atoms with Crippen molar-refractivity contribution in [2.45, 2.75) is 0 Å². The number of amides is 1. The van der Waals surface area contributed by atoms with Crippen molar-refractivity contribution in [1.29, 1.82) is 0 Å². The fraction of sp³-hybridized carbons (Fsp3) is 0.200. The summed E-state index contributed by atoms with van der Waals surface area (Å²) in [6, 6.07) is 11.0. The summed E-state index contributed by atoms with van der Waals surface area (Å²) in [4.78, 5) is 12.4. The second kappa shape index (κ2) is 10.00. The maximum Gasteiger partial charge on any atom is 0.263 e. The molecule has 29 heavy (non-hydrogen) atoms. The first-order chi connectivity index (χ1) is 14.0. The van der Waals surface area contributed by atoms with Crippen LogP contribution in [0.5, 0.6) is 23.0 Å². The number of thiocarbonyl (C=S) groups is 1. The Morgan fingerprint density at radius 2 is 1.86 bits per heavy atom. The van der Waals surface area contributed by atoms with Gasteiger partial charge < -0.3 is 24.3 Å². The zero-order chi connectivity index (χ0) is 20.8. The van der Waals surface area contributed by atoms with Gasteiger partial charge in [0.1, 0.15) is 29.0 Å². The third-order valence-electron chi connectivity index (χ3n) is 3.83. The van der Waals surface area contributed by atoms with Gasteiger partial charge in [0.15, 0.2) is 11.5 Å². The van der Waals surface area contributed by atoms with E-state index in [9.17, 15) is 4.79 Å². The number of hydrogen-bond donors (Lipinski definition) is 1. The van der Waals surface area contributed by atoms with E-state index in [-0.39, 0.29) is 5.91 Å². The van der Waals surface area contributed by atoms with E-state index >= 15 is 0 Å². The SMILES string of the molecule is COc1cccc(OCCOc2c(Br)cc(/C=C3/SC(=S)NC3=O)cc2OC)c1. The summed E-state index contributed by atoms with van der Waals surface area (Å²) in [5.74, 6) is 2.32. The first-order valence-corrected chi connectivity index (χ1v) is 10.5. The minimum atomic E-state index is -0.204. The molecular weight excluding hydrogens is 478 g/mol. The van der Waals surface area contributed by atoms with E-state index in [0.29, 0.717) is 44.2 Å². The molecule has 2 aromatic rings. The maximum absolute atomic E-state index is 11.8. The van der Waals surface area contributed by atoms with Crippen molar-refractivity contribution in [3.8, 4) is 23.0 Å². The van der Waals surface area contributed by atoms with Crippen LogP contribution in [0.1, 0.15) is 5.56 Å². The molecule has 3 rings (SSSR count). The topological polar surface area (TPSA) is 66.0 Å². The quantitative estimate of drug-likeness (QED) is 0.330. The number of methoxy groups -OCH3 is 2. The van der Waals surface area contributed by atoms with E-state index in [4.69, 9.17) is 31.2 Å². The van der Waals surface area contributed by atoms with E-state index in [1.807, 2.05) is 30.3 Å². The van der Waals surface area contributed by atoms with E-state index in [2.05, 4.69) is 21.2 Å². The Hall–Kier alpha value is -2.23. The Balaban J connectivity index is 1.65. The number of benzene rings is 2. The van der Waals surface area contributed by atoms with Gasteiger partial charge in [-0.1, -0.05) is 30.0 Å². The molecule has 0 aromatic heterocycles. The van der Waals surface area contributed by atoms with Crippen molar-refractivity contribution in [2.75, 3.05) is 27.4 Å².